The summed E-state index contributed by atoms with van der Waals surface area (Å²) in [6.45, 7) is 3.70. The first kappa shape index (κ1) is 19.5. The van der Waals surface area contributed by atoms with E-state index in [1.54, 1.807) is 12.1 Å². The van der Waals surface area contributed by atoms with E-state index >= 15 is 0 Å². The van der Waals surface area contributed by atoms with Crippen molar-refractivity contribution < 1.29 is 14.3 Å². The molecule has 4 aromatic rings. The van der Waals surface area contributed by atoms with Crippen molar-refractivity contribution in [3.8, 4) is 5.75 Å². The second-order valence-corrected chi connectivity index (χ2v) is 7.63. The molecule has 0 spiro atoms. The number of morpholine rings is 1. The number of esters is 1. The lowest BCUT2D eigenvalue weighted by Crippen LogP contribution is -2.35. The van der Waals surface area contributed by atoms with Gasteiger partial charge in [0.1, 0.15) is 5.75 Å². The number of benzene rings is 3. The van der Waals surface area contributed by atoms with Gasteiger partial charge in [0, 0.05) is 42.2 Å². The van der Waals surface area contributed by atoms with E-state index in [9.17, 15) is 9.59 Å². The van der Waals surface area contributed by atoms with E-state index in [2.05, 4.69) is 9.88 Å². The van der Waals surface area contributed by atoms with Gasteiger partial charge in [0.15, 0.2) is 0 Å². The lowest BCUT2D eigenvalue weighted by atomic mass is 10.0. The van der Waals surface area contributed by atoms with Crippen LogP contribution >= 0.6 is 0 Å². The molecule has 1 aliphatic rings. The number of aromatic nitrogens is 1. The van der Waals surface area contributed by atoms with Crippen LogP contribution in [0.3, 0.4) is 0 Å². The Morgan fingerprint density at radius 1 is 0.968 bits per heavy atom. The number of fused-ring (bicyclic) bond motifs is 2. The highest BCUT2D eigenvalue weighted by atomic mass is 16.5. The van der Waals surface area contributed by atoms with Gasteiger partial charge in [-0.25, -0.2) is 4.79 Å². The Kier molecular flexibility index (Phi) is 5.24. The highest BCUT2D eigenvalue weighted by molar-refractivity contribution is 6.04. The van der Waals surface area contributed by atoms with Crippen molar-refractivity contribution in [2.45, 2.75) is 6.54 Å². The quantitative estimate of drug-likeness (QED) is 0.407. The van der Waals surface area contributed by atoms with Crippen LogP contribution in [0.5, 0.6) is 5.75 Å². The summed E-state index contributed by atoms with van der Waals surface area (Å²) in [4.78, 5) is 30.3. The minimum absolute atomic E-state index is 0.254. The number of nitrogens with zero attached hydrogens (tertiary/aromatic N) is 1. The Labute approximate surface area is 179 Å². The first-order valence-electron chi connectivity index (χ1n) is 10.3. The number of carbonyl (C=O) groups is 1. The summed E-state index contributed by atoms with van der Waals surface area (Å²) < 4.78 is 11.4. The molecule has 1 N–H and O–H groups in total. The Hall–Kier alpha value is -3.48. The van der Waals surface area contributed by atoms with Gasteiger partial charge in [-0.05, 0) is 22.9 Å². The van der Waals surface area contributed by atoms with Crippen molar-refractivity contribution in [3.63, 3.8) is 0 Å². The molecular formula is C25H22N2O4. The number of pyridine rings is 1. The van der Waals surface area contributed by atoms with Crippen LogP contribution in [0, 0.1) is 0 Å². The fourth-order valence-electron chi connectivity index (χ4n) is 4.09. The zero-order chi connectivity index (χ0) is 21.2. The van der Waals surface area contributed by atoms with E-state index in [1.807, 2.05) is 48.5 Å². The summed E-state index contributed by atoms with van der Waals surface area (Å²) >= 11 is 0. The molecule has 0 unspecified atom stereocenters. The van der Waals surface area contributed by atoms with Gasteiger partial charge >= 0.3 is 5.97 Å². The summed E-state index contributed by atoms with van der Waals surface area (Å²) in [7, 11) is 0. The minimum Gasteiger partial charge on any atom is -0.423 e. The molecular weight excluding hydrogens is 392 g/mol. The third-order valence-electron chi connectivity index (χ3n) is 5.66. The Morgan fingerprint density at radius 2 is 1.71 bits per heavy atom. The molecule has 0 aliphatic carbocycles. The van der Waals surface area contributed by atoms with E-state index < -0.39 is 5.97 Å². The number of para-hydroxylation sites is 1. The summed E-state index contributed by atoms with van der Waals surface area (Å²) in [5, 5.41) is 2.80. The largest absolute Gasteiger partial charge is 0.423 e. The first-order valence-corrected chi connectivity index (χ1v) is 10.3. The van der Waals surface area contributed by atoms with Crippen LogP contribution in [-0.2, 0) is 11.3 Å². The van der Waals surface area contributed by atoms with Gasteiger partial charge < -0.3 is 14.5 Å². The molecule has 3 aromatic carbocycles. The molecule has 0 radical (unpaired) electrons. The van der Waals surface area contributed by atoms with E-state index in [-0.39, 0.29) is 11.1 Å². The highest BCUT2D eigenvalue weighted by Gasteiger charge is 2.20. The number of nitrogens with one attached hydrogen (secondary N) is 1. The molecule has 0 saturated carbocycles. The second-order valence-electron chi connectivity index (χ2n) is 7.63. The third-order valence-corrected chi connectivity index (χ3v) is 5.66. The van der Waals surface area contributed by atoms with Gasteiger partial charge in [-0.2, -0.15) is 0 Å². The van der Waals surface area contributed by atoms with Gasteiger partial charge in [0.05, 0.1) is 18.8 Å². The molecule has 2 heterocycles. The second kappa shape index (κ2) is 8.34. The lowest BCUT2D eigenvalue weighted by Gasteiger charge is -2.27. The van der Waals surface area contributed by atoms with Gasteiger partial charge in [0.25, 0.3) is 0 Å². The summed E-state index contributed by atoms with van der Waals surface area (Å²) in [6, 6.07) is 20.4. The zero-order valence-electron chi connectivity index (χ0n) is 17.0. The van der Waals surface area contributed by atoms with Gasteiger partial charge in [0.2, 0.25) is 5.56 Å². The normalized spacial score (nSPS) is 14.7. The average Bonchev–Trinajstić information content (AvgIpc) is 2.80. The molecule has 0 amide bonds. The lowest BCUT2D eigenvalue weighted by molar-refractivity contribution is 0.0339. The number of carbonyl (C=O) groups excluding carboxylic acids is 1. The monoisotopic (exact) mass is 414 g/mol. The predicted octanol–water partition coefficient (Wildman–Crippen LogP) is 3.73. The standard InChI is InChI=1S/C25H22N2O4/c28-24-15-20(19-7-3-4-8-22(19)26-24)25(29)31-23-10-9-17-5-1-2-6-18(17)21(23)16-27-11-13-30-14-12-27/h1-10,15H,11-14,16H2,(H,26,28). The van der Waals surface area contributed by atoms with E-state index in [0.29, 0.717) is 36.4 Å². The maximum Gasteiger partial charge on any atom is 0.344 e. The molecule has 6 nitrogen and oxygen atoms in total. The molecule has 6 heteroatoms. The topological polar surface area (TPSA) is 71.6 Å². The molecule has 0 atom stereocenters. The number of H-pyrrole nitrogens is 1. The van der Waals surface area contributed by atoms with Gasteiger partial charge in [-0.15, -0.1) is 0 Å². The van der Waals surface area contributed by atoms with E-state index in [0.717, 1.165) is 29.4 Å². The Morgan fingerprint density at radius 3 is 2.55 bits per heavy atom. The van der Waals surface area contributed by atoms with Crippen molar-refractivity contribution in [1.82, 2.24) is 9.88 Å². The number of hydrogen-bond donors (Lipinski definition) is 1. The predicted molar refractivity (Wildman–Crippen MR) is 120 cm³/mol. The average molecular weight is 414 g/mol. The molecule has 31 heavy (non-hydrogen) atoms. The Balaban J connectivity index is 1.55. The SMILES string of the molecule is O=C(Oc1ccc2ccccc2c1CN1CCOCC1)c1cc(=O)[nH]c2ccccc12. The minimum atomic E-state index is -0.541. The third kappa shape index (κ3) is 3.95. The molecule has 156 valence electrons. The van der Waals surface area contributed by atoms with Crippen LogP contribution in [0.2, 0.25) is 0 Å². The maximum absolute atomic E-state index is 13.2. The van der Waals surface area contributed by atoms with Crippen molar-refractivity contribution in [3.05, 3.63) is 88.2 Å². The number of ether oxygens (including phenoxy) is 2. The van der Waals surface area contributed by atoms with Crippen LogP contribution in [0.1, 0.15) is 15.9 Å². The number of hydrogen-bond acceptors (Lipinski definition) is 5. The van der Waals surface area contributed by atoms with E-state index in [1.165, 1.54) is 6.07 Å². The van der Waals surface area contributed by atoms with Gasteiger partial charge in [-0.3, -0.25) is 9.69 Å². The van der Waals surface area contributed by atoms with Crippen LogP contribution in [0.25, 0.3) is 21.7 Å². The van der Waals surface area contributed by atoms with Crippen molar-refractivity contribution in [2.24, 2.45) is 0 Å². The molecule has 1 aromatic heterocycles. The molecule has 5 rings (SSSR count). The van der Waals surface area contributed by atoms with Crippen LogP contribution < -0.4 is 10.3 Å². The molecule has 1 saturated heterocycles. The highest BCUT2D eigenvalue weighted by Crippen LogP contribution is 2.30. The first-order chi connectivity index (χ1) is 15.2. The van der Waals surface area contributed by atoms with Crippen LogP contribution in [-0.4, -0.2) is 42.2 Å². The molecule has 1 fully saturated rings. The number of aromatic amines is 1. The molecule has 1 aliphatic heterocycles. The van der Waals surface area contributed by atoms with Crippen molar-refractivity contribution in [2.75, 3.05) is 26.3 Å². The number of rotatable bonds is 4. The summed E-state index contributed by atoms with van der Waals surface area (Å²) in [5.41, 5.74) is 1.49. The fraction of sp³-hybridized carbons (Fsp3) is 0.200. The summed E-state index contributed by atoms with van der Waals surface area (Å²) in [5.74, 6) is -0.0274. The summed E-state index contributed by atoms with van der Waals surface area (Å²) in [6.07, 6.45) is 0. The van der Waals surface area contributed by atoms with E-state index in [4.69, 9.17) is 9.47 Å². The smallest absolute Gasteiger partial charge is 0.344 e. The van der Waals surface area contributed by atoms with Crippen molar-refractivity contribution >= 4 is 27.6 Å². The van der Waals surface area contributed by atoms with Gasteiger partial charge in [-0.1, -0.05) is 48.5 Å². The van der Waals surface area contributed by atoms with Crippen LogP contribution in [0.4, 0.5) is 0 Å². The zero-order valence-corrected chi connectivity index (χ0v) is 17.0. The Bertz CT molecular complexity index is 1320. The van der Waals surface area contributed by atoms with Crippen LogP contribution in [0.15, 0.2) is 71.5 Å². The molecule has 0 bridgehead atoms. The van der Waals surface area contributed by atoms with Crippen molar-refractivity contribution in [1.29, 1.82) is 0 Å². The maximum atomic E-state index is 13.2. The fourth-order valence-corrected chi connectivity index (χ4v) is 4.09.